The lowest BCUT2D eigenvalue weighted by Gasteiger charge is -2.12. The molecule has 0 bridgehead atoms. The van der Waals surface area contributed by atoms with Gasteiger partial charge in [0, 0.05) is 36.0 Å². The first-order valence-corrected chi connectivity index (χ1v) is 11.7. The van der Waals surface area contributed by atoms with Crippen molar-refractivity contribution in [2.24, 2.45) is 0 Å². The lowest BCUT2D eigenvalue weighted by Crippen LogP contribution is -2.04. The third kappa shape index (κ3) is 6.61. The molecule has 0 unspecified atom stereocenters. The normalized spacial score (nSPS) is 11.6. The van der Waals surface area contributed by atoms with E-state index in [1.807, 2.05) is 70.2 Å². The molecule has 0 spiro atoms. The van der Waals surface area contributed by atoms with Gasteiger partial charge in [-0.3, -0.25) is 0 Å². The summed E-state index contributed by atoms with van der Waals surface area (Å²) in [4.78, 5) is 10.9. The van der Waals surface area contributed by atoms with E-state index >= 15 is 0 Å². The highest BCUT2D eigenvalue weighted by Gasteiger charge is 2.19. The number of fused-ring (bicyclic) bond motifs is 3. The summed E-state index contributed by atoms with van der Waals surface area (Å²) in [5, 5.41) is 8.98. The molecule has 0 atom stereocenters. The highest BCUT2D eigenvalue weighted by molar-refractivity contribution is 5.83. The summed E-state index contributed by atoms with van der Waals surface area (Å²) in [5.74, 6) is -0.128. The third-order valence-electron chi connectivity index (χ3n) is 5.34. The van der Waals surface area contributed by atoms with E-state index in [4.69, 9.17) is 9.84 Å². The average Bonchev–Trinajstić information content (AvgIpc) is 3.13. The number of aromatic nitrogens is 1. The average molecular weight is 458 g/mol. The van der Waals surface area contributed by atoms with Gasteiger partial charge in [-0.1, -0.05) is 68.5 Å². The second-order valence-electron chi connectivity index (χ2n) is 7.33. The molecule has 1 heterocycles. The van der Waals surface area contributed by atoms with Gasteiger partial charge in [0.1, 0.15) is 5.75 Å². The monoisotopic (exact) mass is 457 g/mol. The minimum atomic E-state index is -0.936. The van der Waals surface area contributed by atoms with E-state index in [9.17, 15) is 4.79 Å². The van der Waals surface area contributed by atoms with Gasteiger partial charge < -0.3 is 14.4 Å². The molecule has 0 saturated heterocycles. The van der Waals surface area contributed by atoms with Crippen LogP contribution in [0.3, 0.4) is 0 Å². The van der Waals surface area contributed by atoms with Crippen molar-refractivity contribution in [2.45, 2.75) is 40.7 Å². The van der Waals surface area contributed by atoms with E-state index in [2.05, 4.69) is 41.0 Å². The summed E-state index contributed by atoms with van der Waals surface area (Å²) >= 11 is 0. The van der Waals surface area contributed by atoms with Crippen LogP contribution in [0.2, 0.25) is 0 Å². The Balaban J connectivity index is 0.000000618. The molecule has 4 nitrogen and oxygen atoms in total. The van der Waals surface area contributed by atoms with Crippen molar-refractivity contribution in [3.05, 3.63) is 96.2 Å². The van der Waals surface area contributed by atoms with Crippen LogP contribution in [0.25, 0.3) is 28.5 Å². The molecule has 0 aliphatic heterocycles. The van der Waals surface area contributed by atoms with Gasteiger partial charge in [0.2, 0.25) is 0 Å². The second kappa shape index (κ2) is 13.7. The largest absolute Gasteiger partial charge is 0.497 e. The highest BCUT2D eigenvalue weighted by atomic mass is 16.5. The third-order valence-corrected chi connectivity index (χ3v) is 5.34. The van der Waals surface area contributed by atoms with Crippen molar-refractivity contribution >= 4 is 12.0 Å². The fraction of sp³-hybridized carbons (Fsp3) is 0.233. The zero-order chi connectivity index (χ0) is 24.9. The Hall–Kier alpha value is -3.79. The van der Waals surface area contributed by atoms with Gasteiger partial charge in [-0.25, -0.2) is 4.79 Å². The van der Waals surface area contributed by atoms with Crippen molar-refractivity contribution < 1.29 is 14.6 Å². The van der Waals surface area contributed by atoms with Gasteiger partial charge in [-0.15, -0.1) is 0 Å². The number of ether oxygens (including phenoxy) is 1. The van der Waals surface area contributed by atoms with Gasteiger partial charge >= 0.3 is 5.97 Å². The molecule has 4 heteroatoms. The van der Waals surface area contributed by atoms with Crippen molar-refractivity contribution in [1.29, 1.82) is 0 Å². The minimum absolute atomic E-state index is 0.499. The Labute approximate surface area is 203 Å². The van der Waals surface area contributed by atoms with Crippen LogP contribution >= 0.6 is 0 Å². The number of hydrogen-bond acceptors (Lipinski definition) is 2. The summed E-state index contributed by atoms with van der Waals surface area (Å²) in [6, 6.07) is 18.5. The Morgan fingerprint density at radius 1 is 1.03 bits per heavy atom. The van der Waals surface area contributed by atoms with Crippen LogP contribution < -0.4 is 4.74 Å². The molecule has 1 aliphatic rings. The maximum atomic E-state index is 10.9. The summed E-state index contributed by atoms with van der Waals surface area (Å²) < 4.78 is 7.48. The molecule has 2 aromatic carbocycles. The Bertz CT molecular complexity index is 1140. The van der Waals surface area contributed by atoms with E-state index in [-0.39, 0.29) is 0 Å². The molecule has 0 amide bonds. The molecule has 0 saturated carbocycles. The van der Waals surface area contributed by atoms with Crippen LogP contribution in [0.4, 0.5) is 0 Å². The number of carbonyl (C=O) groups is 1. The Morgan fingerprint density at radius 3 is 2.32 bits per heavy atom. The van der Waals surface area contributed by atoms with E-state index in [1.165, 1.54) is 28.5 Å². The first-order chi connectivity index (χ1) is 16.6. The van der Waals surface area contributed by atoms with E-state index in [1.54, 1.807) is 13.2 Å². The molecule has 3 aromatic rings. The minimum Gasteiger partial charge on any atom is -0.497 e. The van der Waals surface area contributed by atoms with Crippen LogP contribution in [-0.2, 0) is 17.8 Å². The first-order valence-electron chi connectivity index (χ1n) is 11.7. The van der Waals surface area contributed by atoms with E-state index in [0.29, 0.717) is 6.54 Å². The topological polar surface area (TPSA) is 51.5 Å². The maximum Gasteiger partial charge on any atom is 0.328 e. The Kier molecular flexibility index (Phi) is 10.7. The SMILES string of the molecule is C/C=C\C.CC.COc1ccc(-c2cc3c(n2C/C=C/C(=O)O)CC=Cc2ccccc2-3)cc1. The molecule has 1 aromatic heterocycles. The summed E-state index contributed by atoms with van der Waals surface area (Å²) in [7, 11) is 1.65. The molecule has 1 aliphatic carbocycles. The molecule has 178 valence electrons. The fourth-order valence-electron chi connectivity index (χ4n) is 3.70. The smallest absolute Gasteiger partial charge is 0.328 e. The number of allylic oxidation sites excluding steroid dienone is 4. The molecule has 4 rings (SSSR count). The number of nitrogens with zero attached hydrogens (tertiary/aromatic N) is 1. The van der Waals surface area contributed by atoms with Gasteiger partial charge in [0.25, 0.3) is 0 Å². The van der Waals surface area contributed by atoms with Gasteiger partial charge in [0.15, 0.2) is 0 Å². The van der Waals surface area contributed by atoms with Crippen molar-refractivity contribution in [2.75, 3.05) is 7.11 Å². The van der Waals surface area contributed by atoms with Crippen LogP contribution in [-0.4, -0.2) is 22.8 Å². The number of rotatable bonds is 5. The van der Waals surface area contributed by atoms with Gasteiger partial charge in [-0.2, -0.15) is 0 Å². The number of carboxylic acid groups (broad SMARTS) is 1. The standard InChI is InChI=1S/C24H21NO3.C4H8.C2H6/c1-28-19-13-11-18(12-14-19)23-16-21-20-8-3-2-6-17(20)7-4-9-22(21)25(23)15-5-10-24(26)27;1-3-4-2;1-2/h2-8,10-14,16H,9,15H2,1H3,(H,26,27);3-4H,1-2H3;1-2H3/b10-5+;4-3-;. The van der Waals surface area contributed by atoms with Crippen LogP contribution in [0.1, 0.15) is 39.0 Å². The van der Waals surface area contributed by atoms with Crippen LogP contribution in [0, 0.1) is 0 Å². The van der Waals surface area contributed by atoms with Crippen molar-refractivity contribution in [3.63, 3.8) is 0 Å². The second-order valence-corrected chi connectivity index (χ2v) is 7.33. The summed E-state index contributed by atoms with van der Waals surface area (Å²) in [6.07, 6.45) is 12.0. The number of carboxylic acids is 1. The summed E-state index contributed by atoms with van der Waals surface area (Å²) in [6.45, 7) is 8.50. The lowest BCUT2D eigenvalue weighted by atomic mass is 10.0. The number of benzene rings is 2. The van der Waals surface area contributed by atoms with Crippen LogP contribution in [0.5, 0.6) is 5.75 Å². The number of aliphatic carboxylic acids is 1. The maximum absolute atomic E-state index is 10.9. The number of hydrogen-bond donors (Lipinski definition) is 1. The fourth-order valence-corrected chi connectivity index (χ4v) is 3.70. The highest BCUT2D eigenvalue weighted by Crippen LogP contribution is 2.37. The van der Waals surface area contributed by atoms with Crippen molar-refractivity contribution in [3.8, 4) is 28.1 Å². The molecule has 1 N–H and O–H groups in total. The zero-order valence-electron chi connectivity index (χ0n) is 20.8. The Morgan fingerprint density at radius 2 is 1.71 bits per heavy atom. The predicted molar refractivity (Wildman–Crippen MR) is 143 cm³/mol. The summed E-state index contributed by atoms with van der Waals surface area (Å²) in [5.41, 5.74) is 6.90. The number of methoxy groups -OCH3 is 1. The van der Waals surface area contributed by atoms with Crippen molar-refractivity contribution in [1.82, 2.24) is 4.57 Å². The van der Waals surface area contributed by atoms with Crippen LogP contribution in [0.15, 0.2) is 85.0 Å². The lowest BCUT2D eigenvalue weighted by molar-refractivity contribution is -0.131. The molecular formula is C30H35NO3. The first kappa shape index (κ1) is 26.5. The molecular weight excluding hydrogens is 422 g/mol. The molecule has 0 fully saturated rings. The van der Waals surface area contributed by atoms with Gasteiger partial charge in [-0.05, 0) is 60.9 Å². The van der Waals surface area contributed by atoms with E-state index < -0.39 is 5.97 Å². The van der Waals surface area contributed by atoms with Gasteiger partial charge in [0.05, 0.1) is 7.11 Å². The predicted octanol–water partition coefficient (Wildman–Crippen LogP) is 7.65. The molecule has 0 radical (unpaired) electrons. The van der Waals surface area contributed by atoms with E-state index in [0.717, 1.165) is 23.4 Å². The molecule has 34 heavy (non-hydrogen) atoms. The quantitative estimate of drug-likeness (QED) is 0.316. The zero-order valence-corrected chi connectivity index (χ0v) is 20.8.